The van der Waals surface area contributed by atoms with Gasteiger partial charge in [0.25, 0.3) is 0 Å². The second-order valence-electron chi connectivity index (χ2n) is 4.41. The first kappa shape index (κ1) is 14.4. The molecule has 0 aliphatic carbocycles. The predicted molar refractivity (Wildman–Crippen MR) is 67.9 cm³/mol. The number of amides is 1. The summed E-state index contributed by atoms with van der Waals surface area (Å²) in [6.07, 6.45) is 2.49. The maximum atomic E-state index is 11.7. The monoisotopic (exact) mass is 306 g/mol. The van der Waals surface area contributed by atoms with Gasteiger partial charge in [-0.2, -0.15) is 0 Å². The van der Waals surface area contributed by atoms with Crippen LogP contribution in [0.2, 0.25) is 0 Å². The van der Waals surface area contributed by atoms with Crippen LogP contribution < -0.4 is 5.73 Å². The Morgan fingerprint density at radius 1 is 1.59 bits per heavy atom. The normalized spacial score (nSPS) is 21.9. The highest BCUT2D eigenvalue weighted by Gasteiger charge is 2.36. The molecule has 0 radical (unpaired) electrons. The second kappa shape index (κ2) is 6.96. The molecule has 6 heteroatoms. The van der Waals surface area contributed by atoms with Crippen molar-refractivity contribution in [2.24, 2.45) is 11.7 Å². The van der Waals surface area contributed by atoms with Gasteiger partial charge >= 0.3 is 5.97 Å². The molecule has 1 aliphatic rings. The van der Waals surface area contributed by atoms with Crippen molar-refractivity contribution in [3.8, 4) is 0 Å². The van der Waals surface area contributed by atoms with Crippen LogP contribution in [0.5, 0.6) is 0 Å². The van der Waals surface area contributed by atoms with Gasteiger partial charge in [0.1, 0.15) is 6.04 Å². The number of rotatable bonds is 7. The van der Waals surface area contributed by atoms with E-state index >= 15 is 0 Å². The van der Waals surface area contributed by atoms with Gasteiger partial charge in [0, 0.05) is 18.3 Å². The average molecular weight is 307 g/mol. The Bertz CT molecular complexity index is 286. The highest BCUT2D eigenvalue weighted by Crippen LogP contribution is 2.23. The van der Waals surface area contributed by atoms with Crippen LogP contribution in [0.25, 0.3) is 0 Å². The van der Waals surface area contributed by atoms with E-state index in [2.05, 4.69) is 15.9 Å². The fourth-order valence-corrected chi connectivity index (χ4v) is 2.54. The standard InChI is InChI=1S/C11H19BrN2O3/c12-6-8-5-10(15)14(7-8)9(11(16)17)3-1-2-4-13/h8-9H,1-7,13H2,(H,16,17). The molecule has 0 aromatic heterocycles. The number of nitrogens with two attached hydrogens (primary N) is 1. The first-order valence-electron chi connectivity index (χ1n) is 5.88. The summed E-state index contributed by atoms with van der Waals surface area (Å²) in [6.45, 7) is 1.11. The van der Waals surface area contributed by atoms with E-state index in [1.807, 2.05) is 0 Å². The lowest BCUT2D eigenvalue weighted by Gasteiger charge is -2.24. The first-order chi connectivity index (χ1) is 8.10. The molecule has 1 heterocycles. The number of aliphatic carboxylic acids is 1. The minimum atomic E-state index is -0.911. The Hall–Kier alpha value is -0.620. The van der Waals surface area contributed by atoms with Gasteiger partial charge in [0.15, 0.2) is 0 Å². The zero-order valence-electron chi connectivity index (χ0n) is 9.77. The largest absolute Gasteiger partial charge is 0.480 e. The van der Waals surface area contributed by atoms with E-state index in [1.54, 1.807) is 0 Å². The fourth-order valence-electron chi connectivity index (χ4n) is 2.11. The number of unbranched alkanes of at least 4 members (excludes halogenated alkanes) is 1. The molecule has 2 unspecified atom stereocenters. The van der Waals surface area contributed by atoms with Crippen LogP contribution in [0.15, 0.2) is 0 Å². The zero-order chi connectivity index (χ0) is 12.8. The molecule has 0 spiro atoms. The molecule has 0 aromatic rings. The smallest absolute Gasteiger partial charge is 0.326 e. The Morgan fingerprint density at radius 2 is 2.29 bits per heavy atom. The molecule has 1 saturated heterocycles. The number of halogens is 1. The SMILES string of the molecule is NCCCCC(C(=O)O)N1CC(CBr)CC1=O. The zero-order valence-corrected chi connectivity index (χ0v) is 11.4. The molecule has 98 valence electrons. The first-order valence-corrected chi connectivity index (χ1v) is 7.00. The Balaban J connectivity index is 2.58. The van der Waals surface area contributed by atoms with Gasteiger partial charge in [0.2, 0.25) is 5.91 Å². The number of nitrogens with zero attached hydrogens (tertiary/aromatic N) is 1. The van der Waals surface area contributed by atoms with Crippen LogP contribution in [0, 0.1) is 5.92 Å². The van der Waals surface area contributed by atoms with Gasteiger partial charge in [-0.15, -0.1) is 0 Å². The van der Waals surface area contributed by atoms with Crippen molar-refractivity contribution < 1.29 is 14.7 Å². The molecular weight excluding hydrogens is 288 g/mol. The number of carbonyl (C=O) groups excluding carboxylic acids is 1. The number of hydrogen-bond acceptors (Lipinski definition) is 3. The number of alkyl halides is 1. The maximum absolute atomic E-state index is 11.7. The molecular formula is C11H19BrN2O3. The maximum Gasteiger partial charge on any atom is 0.326 e. The van der Waals surface area contributed by atoms with Crippen LogP contribution >= 0.6 is 15.9 Å². The van der Waals surface area contributed by atoms with E-state index in [9.17, 15) is 14.7 Å². The molecule has 0 aromatic carbocycles. The third-order valence-corrected chi connectivity index (χ3v) is 3.97. The summed E-state index contributed by atoms with van der Waals surface area (Å²) in [5, 5.41) is 9.91. The van der Waals surface area contributed by atoms with Crippen molar-refractivity contribution in [1.29, 1.82) is 0 Å². The summed E-state index contributed by atoms with van der Waals surface area (Å²) < 4.78 is 0. The Kier molecular flexibility index (Phi) is 5.91. The topological polar surface area (TPSA) is 83.6 Å². The van der Waals surface area contributed by atoms with Gasteiger partial charge in [-0.05, 0) is 31.7 Å². The summed E-state index contributed by atoms with van der Waals surface area (Å²) in [7, 11) is 0. The number of carbonyl (C=O) groups is 2. The van der Waals surface area contributed by atoms with Gasteiger partial charge in [-0.25, -0.2) is 4.79 Å². The fraction of sp³-hybridized carbons (Fsp3) is 0.818. The van der Waals surface area contributed by atoms with Crippen molar-refractivity contribution >= 4 is 27.8 Å². The van der Waals surface area contributed by atoms with E-state index < -0.39 is 12.0 Å². The molecule has 1 rings (SSSR count). The van der Waals surface area contributed by atoms with Crippen LogP contribution in [-0.2, 0) is 9.59 Å². The highest BCUT2D eigenvalue weighted by atomic mass is 79.9. The van der Waals surface area contributed by atoms with Crippen molar-refractivity contribution in [2.45, 2.75) is 31.7 Å². The average Bonchev–Trinajstić information content (AvgIpc) is 2.65. The second-order valence-corrected chi connectivity index (χ2v) is 5.06. The summed E-state index contributed by atoms with van der Waals surface area (Å²) in [5.41, 5.74) is 5.38. The number of carboxylic acid groups (broad SMARTS) is 1. The quantitative estimate of drug-likeness (QED) is 0.538. The molecule has 2 atom stereocenters. The van der Waals surface area contributed by atoms with Crippen LogP contribution in [0.1, 0.15) is 25.7 Å². The van der Waals surface area contributed by atoms with Crippen molar-refractivity contribution in [3.05, 3.63) is 0 Å². The lowest BCUT2D eigenvalue weighted by Crippen LogP contribution is -2.42. The minimum Gasteiger partial charge on any atom is -0.480 e. The van der Waals surface area contributed by atoms with E-state index in [-0.39, 0.29) is 11.8 Å². The van der Waals surface area contributed by atoms with Gasteiger partial charge in [-0.1, -0.05) is 15.9 Å². The van der Waals surface area contributed by atoms with Crippen LogP contribution in [-0.4, -0.2) is 46.3 Å². The van der Waals surface area contributed by atoms with Gasteiger partial charge in [-0.3, -0.25) is 4.79 Å². The van der Waals surface area contributed by atoms with Crippen LogP contribution in [0.3, 0.4) is 0 Å². The summed E-state index contributed by atoms with van der Waals surface area (Å²) >= 11 is 3.34. The molecule has 0 bridgehead atoms. The molecule has 1 fully saturated rings. The van der Waals surface area contributed by atoms with E-state index in [0.717, 1.165) is 18.2 Å². The third kappa shape index (κ3) is 3.96. The van der Waals surface area contributed by atoms with E-state index in [0.29, 0.717) is 25.9 Å². The highest BCUT2D eigenvalue weighted by molar-refractivity contribution is 9.09. The van der Waals surface area contributed by atoms with Crippen molar-refractivity contribution in [2.75, 3.05) is 18.4 Å². The Morgan fingerprint density at radius 3 is 2.76 bits per heavy atom. The summed E-state index contributed by atoms with van der Waals surface area (Å²) in [5.74, 6) is -0.723. The summed E-state index contributed by atoms with van der Waals surface area (Å²) in [4.78, 5) is 24.4. The molecule has 17 heavy (non-hydrogen) atoms. The van der Waals surface area contributed by atoms with Gasteiger partial charge in [0.05, 0.1) is 0 Å². The predicted octanol–water partition coefficient (Wildman–Crippen LogP) is 0.812. The number of likely N-dealkylation sites (tertiary alicyclic amines) is 1. The van der Waals surface area contributed by atoms with Crippen molar-refractivity contribution in [1.82, 2.24) is 4.90 Å². The summed E-state index contributed by atoms with van der Waals surface area (Å²) in [6, 6.07) is -0.682. The molecule has 5 nitrogen and oxygen atoms in total. The lowest BCUT2D eigenvalue weighted by atomic mass is 10.1. The molecule has 1 aliphatic heterocycles. The number of hydrogen-bond donors (Lipinski definition) is 2. The lowest BCUT2D eigenvalue weighted by molar-refractivity contribution is -0.148. The molecule has 0 saturated carbocycles. The third-order valence-electron chi connectivity index (χ3n) is 3.05. The molecule has 1 amide bonds. The van der Waals surface area contributed by atoms with E-state index in [4.69, 9.17) is 5.73 Å². The van der Waals surface area contributed by atoms with Gasteiger partial charge < -0.3 is 15.7 Å². The number of carboxylic acids is 1. The van der Waals surface area contributed by atoms with Crippen molar-refractivity contribution in [3.63, 3.8) is 0 Å². The minimum absolute atomic E-state index is 0.0467. The Labute approximate surface area is 109 Å². The molecule has 3 N–H and O–H groups in total. The van der Waals surface area contributed by atoms with E-state index in [1.165, 1.54) is 4.90 Å². The van der Waals surface area contributed by atoms with Crippen LogP contribution in [0.4, 0.5) is 0 Å².